The molecule has 0 saturated carbocycles. The molecule has 2 aromatic rings. The fraction of sp³-hybridized carbons (Fsp3) is 0.364. The summed E-state index contributed by atoms with van der Waals surface area (Å²) >= 11 is 9.50. The summed E-state index contributed by atoms with van der Waals surface area (Å²) < 4.78 is 7.12. The van der Waals surface area contributed by atoms with E-state index in [2.05, 4.69) is 33.4 Å². The van der Waals surface area contributed by atoms with Crippen molar-refractivity contribution in [3.63, 3.8) is 0 Å². The maximum Gasteiger partial charge on any atom is 0.124 e. The van der Waals surface area contributed by atoms with Gasteiger partial charge in [-0.1, -0.05) is 51.3 Å². The first-order valence-corrected chi connectivity index (χ1v) is 10.4. The molecule has 1 aliphatic rings. The Morgan fingerprint density at radius 1 is 1.07 bits per heavy atom. The van der Waals surface area contributed by atoms with Crippen LogP contribution in [0.2, 0.25) is 5.02 Å². The standard InChI is InChI=1S/C22H25BrClNO.ClH/c23-20-8-11-22(26-16-18-6-9-21(24)10-7-18)19(14-20)15-25-13-12-17-4-2-1-3-5-17;/h4,6-11,14,25H,1-3,5,12-13,15-16H2;1H. The number of hydrogen-bond donors (Lipinski definition) is 1. The highest BCUT2D eigenvalue weighted by Crippen LogP contribution is 2.25. The van der Waals surface area contributed by atoms with Gasteiger partial charge in [0.2, 0.25) is 0 Å². The van der Waals surface area contributed by atoms with Gasteiger partial charge in [-0.3, -0.25) is 0 Å². The SMILES string of the molecule is Cl.Clc1ccc(COc2ccc(Br)cc2CNCCC2=CCCCC2)cc1. The lowest BCUT2D eigenvalue weighted by atomic mass is 9.97. The van der Waals surface area contributed by atoms with Gasteiger partial charge >= 0.3 is 0 Å². The lowest BCUT2D eigenvalue weighted by Crippen LogP contribution is -2.16. The molecular weight excluding hydrogens is 445 g/mol. The number of hydrogen-bond acceptors (Lipinski definition) is 2. The molecule has 2 nitrogen and oxygen atoms in total. The quantitative estimate of drug-likeness (QED) is 0.328. The van der Waals surface area contributed by atoms with Crippen LogP contribution in [-0.4, -0.2) is 6.54 Å². The van der Waals surface area contributed by atoms with E-state index in [1.54, 1.807) is 5.57 Å². The van der Waals surface area contributed by atoms with E-state index >= 15 is 0 Å². The van der Waals surface area contributed by atoms with Crippen molar-refractivity contribution in [1.29, 1.82) is 0 Å². The second-order valence-corrected chi connectivity index (χ2v) is 8.05. The molecule has 0 atom stereocenters. The lowest BCUT2D eigenvalue weighted by molar-refractivity contribution is 0.302. The van der Waals surface area contributed by atoms with Gasteiger partial charge in [0.1, 0.15) is 12.4 Å². The number of benzene rings is 2. The summed E-state index contributed by atoms with van der Waals surface area (Å²) in [6.07, 6.45) is 8.79. The maximum absolute atomic E-state index is 6.05. The molecule has 2 aromatic carbocycles. The molecule has 0 heterocycles. The number of ether oxygens (including phenoxy) is 1. The summed E-state index contributed by atoms with van der Waals surface area (Å²) in [5.41, 5.74) is 3.89. The normalized spacial score (nSPS) is 13.6. The summed E-state index contributed by atoms with van der Waals surface area (Å²) in [5.74, 6) is 0.924. The van der Waals surface area contributed by atoms with E-state index in [9.17, 15) is 0 Å². The molecule has 0 unspecified atom stereocenters. The predicted molar refractivity (Wildman–Crippen MR) is 120 cm³/mol. The minimum Gasteiger partial charge on any atom is -0.489 e. The van der Waals surface area contributed by atoms with Gasteiger partial charge in [-0.25, -0.2) is 0 Å². The number of nitrogens with one attached hydrogen (secondary N) is 1. The van der Waals surface area contributed by atoms with Gasteiger partial charge in [-0.15, -0.1) is 12.4 Å². The van der Waals surface area contributed by atoms with Crippen LogP contribution in [0.4, 0.5) is 0 Å². The molecule has 1 aliphatic carbocycles. The summed E-state index contributed by atoms with van der Waals surface area (Å²) in [7, 11) is 0. The van der Waals surface area contributed by atoms with Crippen LogP contribution in [0.1, 0.15) is 43.2 Å². The summed E-state index contributed by atoms with van der Waals surface area (Å²) in [4.78, 5) is 0. The van der Waals surface area contributed by atoms with E-state index < -0.39 is 0 Å². The summed E-state index contributed by atoms with van der Waals surface area (Å²) in [6, 6.07) is 14.0. The van der Waals surface area contributed by atoms with Gasteiger partial charge in [0.05, 0.1) is 0 Å². The van der Waals surface area contributed by atoms with Gasteiger partial charge in [-0.05, 0) is 74.5 Å². The van der Waals surface area contributed by atoms with Crippen molar-refractivity contribution in [2.75, 3.05) is 6.54 Å². The van der Waals surface area contributed by atoms with Gasteiger partial charge in [0, 0.05) is 21.6 Å². The predicted octanol–water partition coefficient (Wildman–Crippen LogP) is 7.08. The van der Waals surface area contributed by atoms with Crippen LogP contribution < -0.4 is 10.1 Å². The van der Waals surface area contributed by atoms with Crippen LogP contribution in [-0.2, 0) is 13.2 Å². The van der Waals surface area contributed by atoms with Crippen LogP contribution in [0.5, 0.6) is 5.75 Å². The highest BCUT2D eigenvalue weighted by Gasteiger charge is 2.07. The molecule has 0 amide bonds. The largest absolute Gasteiger partial charge is 0.489 e. The van der Waals surface area contributed by atoms with Gasteiger partial charge < -0.3 is 10.1 Å². The molecule has 0 saturated heterocycles. The number of allylic oxidation sites excluding steroid dienone is 1. The topological polar surface area (TPSA) is 21.3 Å². The molecule has 0 fully saturated rings. The van der Waals surface area contributed by atoms with Crippen LogP contribution >= 0.6 is 39.9 Å². The molecule has 3 rings (SSSR count). The number of halogens is 3. The molecular formula is C22H26BrCl2NO. The Hall–Kier alpha value is -1.00. The van der Waals surface area contributed by atoms with Crippen LogP contribution in [0, 0.1) is 0 Å². The average Bonchev–Trinajstić information content (AvgIpc) is 2.67. The summed E-state index contributed by atoms with van der Waals surface area (Å²) in [5, 5.41) is 4.31. The first-order valence-electron chi connectivity index (χ1n) is 9.25. The van der Waals surface area contributed by atoms with Crippen molar-refractivity contribution in [2.45, 2.75) is 45.3 Å². The highest BCUT2D eigenvalue weighted by atomic mass is 79.9. The van der Waals surface area contributed by atoms with E-state index in [0.717, 1.165) is 40.3 Å². The monoisotopic (exact) mass is 469 g/mol. The van der Waals surface area contributed by atoms with E-state index in [-0.39, 0.29) is 12.4 Å². The first kappa shape index (κ1) is 22.3. The molecule has 5 heteroatoms. The third-order valence-electron chi connectivity index (χ3n) is 4.65. The Morgan fingerprint density at radius 2 is 1.89 bits per heavy atom. The van der Waals surface area contributed by atoms with E-state index in [1.807, 2.05) is 36.4 Å². The Balaban J connectivity index is 0.00000261. The van der Waals surface area contributed by atoms with Crippen molar-refractivity contribution >= 4 is 39.9 Å². The molecule has 0 aliphatic heterocycles. The molecule has 0 radical (unpaired) electrons. The van der Waals surface area contributed by atoms with Crippen molar-refractivity contribution in [2.24, 2.45) is 0 Å². The third kappa shape index (κ3) is 7.50. The Kier molecular flexibility index (Phi) is 9.70. The Morgan fingerprint density at radius 3 is 2.63 bits per heavy atom. The average molecular weight is 471 g/mol. The highest BCUT2D eigenvalue weighted by molar-refractivity contribution is 9.10. The van der Waals surface area contributed by atoms with Crippen molar-refractivity contribution in [1.82, 2.24) is 5.32 Å². The van der Waals surface area contributed by atoms with Gasteiger partial charge in [0.25, 0.3) is 0 Å². The van der Waals surface area contributed by atoms with Gasteiger partial charge in [-0.2, -0.15) is 0 Å². The van der Waals surface area contributed by atoms with Crippen LogP contribution in [0.15, 0.2) is 58.6 Å². The molecule has 1 N–H and O–H groups in total. The zero-order valence-corrected chi connectivity index (χ0v) is 18.5. The second kappa shape index (κ2) is 11.8. The molecule has 0 bridgehead atoms. The minimum atomic E-state index is 0. The smallest absolute Gasteiger partial charge is 0.124 e. The second-order valence-electron chi connectivity index (χ2n) is 6.70. The molecule has 146 valence electrons. The molecule has 27 heavy (non-hydrogen) atoms. The zero-order chi connectivity index (χ0) is 18.2. The first-order chi connectivity index (χ1) is 12.7. The van der Waals surface area contributed by atoms with Crippen LogP contribution in [0.3, 0.4) is 0 Å². The van der Waals surface area contributed by atoms with Crippen molar-refractivity contribution < 1.29 is 4.74 Å². The Bertz CT molecular complexity index is 746. The van der Waals surface area contributed by atoms with Crippen molar-refractivity contribution in [3.05, 3.63) is 74.7 Å². The van der Waals surface area contributed by atoms with E-state index in [1.165, 1.54) is 31.2 Å². The van der Waals surface area contributed by atoms with Crippen LogP contribution in [0.25, 0.3) is 0 Å². The molecule has 0 aromatic heterocycles. The van der Waals surface area contributed by atoms with E-state index in [0.29, 0.717) is 6.61 Å². The van der Waals surface area contributed by atoms with E-state index in [4.69, 9.17) is 16.3 Å². The zero-order valence-electron chi connectivity index (χ0n) is 15.3. The Labute approximate surface area is 181 Å². The lowest BCUT2D eigenvalue weighted by Gasteiger charge is -2.15. The van der Waals surface area contributed by atoms with Crippen molar-refractivity contribution in [3.8, 4) is 5.75 Å². The van der Waals surface area contributed by atoms with Gasteiger partial charge in [0.15, 0.2) is 0 Å². The third-order valence-corrected chi connectivity index (χ3v) is 5.40. The maximum atomic E-state index is 6.05. The minimum absolute atomic E-state index is 0. The molecule has 0 spiro atoms. The summed E-state index contributed by atoms with van der Waals surface area (Å²) in [6.45, 7) is 2.36. The number of rotatable bonds is 8. The fourth-order valence-electron chi connectivity index (χ4n) is 3.17. The fourth-order valence-corrected chi connectivity index (χ4v) is 3.71.